The third kappa shape index (κ3) is 1.63. The van der Waals surface area contributed by atoms with Gasteiger partial charge in [-0.3, -0.25) is 4.79 Å². The average molecular weight is 263 g/mol. The van der Waals surface area contributed by atoms with E-state index in [1.54, 1.807) is 6.20 Å². The van der Waals surface area contributed by atoms with Crippen molar-refractivity contribution in [1.82, 2.24) is 4.98 Å². The summed E-state index contributed by atoms with van der Waals surface area (Å²) >= 11 is 0. The predicted octanol–water partition coefficient (Wildman–Crippen LogP) is 3.33. The number of carbonyl (C=O) groups is 1. The molecule has 0 bridgehead atoms. The third-order valence-electron chi connectivity index (χ3n) is 3.79. The quantitative estimate of drug-likeness (QED) is 0.720. The van der Waals surface area contributed by atoms with Crippen molar-refractivity contribution in [1.29, 1.82) is 0 Å². The first-order chi connectivity index (χ1) is 9.83. The Morgan fingerprint density at radius 3 is 3.00 bits per heavy atom. The monoisotopic (exact) mass is 263 g/mol. The molecule has 3 aromatic rings. The molecule has 0 spiro atoms. The number of nitrogens with one attached hydrogen (secondary N) is 1. The van der Waals surface area contributed by atoms with Gasteiger partial charge in [-0.15, -0.1) is 0 Å². The van der Waals surface area contributed by atoms with Gasteiger partial charge in [0.25, 0.3) is 0 Å². The second-order valence-electron chi connectivity index (χ2n) is 5.00. The molecule has 1 aliphatic heterocycles. The molecule has 0 atom stereocenters. The van der Waals surface area contributed by atoms with E-state index >= 15 is 0 Å². The number of para-hydroxylation sites is 1. The lowest BCUT2D eigenvalue weighted by Gasteiger charge is -2.03. The number of rotatable bonds is 2. The van der Waals surface area contributed by atoms with Gasteiger partial charge < -0.3 is 9.72 Å². The van der Waals surface area contributed by atoms with Crippen molar-refractivity contribution >= 4 is 16.7 Å². The number of fused-ring (bicyclic) bond motifs is 2. The van der Waals surface area contributed by atoms with Crippen LogP contribution in [0.4, 0.5) is 0 Å². The fourth-order valence-electron chi connectivity index (χ4n) is 2.74. The van der Waals surface area contributed by atoms with Crippen LogP contribution in [0.2, 0.25) is 0 Å². The Bertz CT molecular complexity index is 817. The SMILES string of the molecule is O=C(c1ccc2c(c1)CCO2)c1c[nH]c2ccccc12. The van der Waals surface area contributed by atoms with Gasteiger partial charge in [0, 0.05) is 34.6 Å². The van der Waals surface area contributed by atoms with Crippen molar-refractivity contribution in [3.63, 3.8) is 0 Å². The molecule has 1 aliphatic rings. The first-order valence-electron chi connectivity index (χ1n) is 6.69. The van der Waals surface area contributed by atoms with E-state index in [4.69, 9.17) is 4.74 Å². The van der Waals surface area contributed by atoms with Crippen LogP contribution < -0.4 is 4.74 Å². The van der Waals surface area contributed by atoms with E-state index < -0.39 is 0 Å². The van der Waals surface area contributed by atoms with E-state index in [-0.39, 0.29) is 5.78 Å². The number of H-pyrrole nitrogens is 1. The van der Waals surface area contributed by atoms with Crippen LogP contribution in [0.3, 0.4) is 0 Å². The Balaban J connectivity index is 1.80. The zero-order valence-corrected chi connectivity index (χ0v) is 10.8. The standard InChI is InChI=1S/C17H13NO2/c19-17(12-5-6-16-11(9-12)7-8-20-16)14-10-18-15-4-2-1-3-13(14)15/h1-6,9-10,18H,7-8H2. The van der Waals surface area contributed by atoms with E-state index in [0.717, 1.165) is 39.8 Å². The Morgan fingerprint density at radius 1 is 1.15 bits per heavy atom. The maximum absolute atomic E-state index is 12.7. The van der Waals surface area contributed by atoms with E-state index in [1.807, 2.05) is 42.5 Å². The average Bonchev–Trinajstić information content (AvgIpc) is 3.12. The first-order valence-corrected chi connectivity index (χ1v) is 6.69. The highest BCUT2D eigenvalue weighted by molar-refractivity contribution is 6.16. The van der Waals surface area contributed by atoms with Gasteiger partial charge in [-0.1, -0.05) is 18.2 Å². The molecular weight excluding hydrogens is 250 g/mol. The summed E-state index contributed by atoms with van der Waals surface area (Å²) in [6.07, 6.45) is 2.67. The molecule has 0 saturated heterocycles. The van der Waals surface area contributed by atoms with Gasteiger partial charge in [-0.05, 0) is 29.8 Å². The smallest absolute Gasteiger partial charge is 0.195 e. The molecule has 2 heterocycles. The number of aromatic nitrogens is 1. The summed E-state index contributed by atoms with van der Waals surface area (Å²) in [4.78, 5) is 15.8. The van der Waals surface area contributed by atoms with Gasteiger partial charge in [-0.2, -0.15) is 0 Å². The molecule has 2 aromatic carbocycles. The fourth-order valence-corrected chi connectivity index (χ4v) is 2.74. The van der Waals surface area contributed by atoms with Crippen LogP contribution in [0.25, 0.3) is 10.9 Å². The highest BCUT2D eigenvalue weighted by Gasteiger charge is 2.18. The highest BCUT2D eigenvalue weighted by Crippen LogP contribution is 2.28. The first kappa shape index (κ1) is 11.3. The van der Waals surface area contributed by atoms with Crippen molar-refractivity contribution in [2.24, 2.45) is 0 Å². The lowest BCUT2D eigenvalue weighted by molar-refractivity contribution is 0.104. The molecule has 98 valence electrons. The number of hydrogen-bond acceptors (Lipinski definition) is 2. The Hall–Kier alpha value is -2.55. The molecule has 20 heavy (non-hydrogen) atoms. The molecule has 0 fully saturated rings. The van der Waals surface area contributed by atoms with Gasteiger partial charge >= 0.3 is 0 Å². The van der Waals surface area contributed by atoms with Crippen molar-refractivity contribution in [3.05, 3.63) is 65.4 Å². The zero-order chi connectivity index (χ0) is 13.5. The van der Waals surface area contributed by atoms with Gasteiger partial charge in [-0.25, -0.2) is 0 Å². The summed E-state index contributed by atoms with van der Waals surface area (Å²) in [7, 11) is 0. The largest absolute Gasteiger partial charge is 0.493 e. The molecule has 0 radical (unpaired) electrons. The maximum atomic E-state index is 12.7. The third-order valence-corrected chi connectivity index (χ3v) is 3.79. The van der Waals surface area contributed by atoms with Crippen LogP contribution in [0.5, 0.6) is 5.75 Å². The van der Waals surface area contributed by atoms with Crippen molar-refractivity contribution < 1.29 is 9.53 Å². The van der Waals surface area contributed by atoms with Crippen molar-refractivity contribution in [2.45, 2.75) is 6.42 Å². The molecule has 0 saturated carbocycles. The molecular formula is C17H13NO2. The molecule has 0 aliphatic carbocycles. The Morgan fingerprint density at radius 2 is 2.05 bits per heavy atom. The molecule has 3 nitrogen and oxygen atoms in total. The topological polar surface area (TPSA) is 42.1 Å². The number of ether oxygens (including phenoxy) is 1. The lowest BCUT2D eigenvalue weighted by Crippen LogP contribution is -2.00. The number of benzene rings is 2. The van der Waals surface area contributed by atoms with Gasteiger partial charge in [0.05, 0.1) is 6.61 Å². The van der Waals surface area contributed by atoms with E-state index in [9.17, 15) is 4.79 Å². The maximum Gasteiger partial charge on any atom is 0.195 e. The van der Waals surface area contributed by atoms with Crippen LogP contribution in [0.15, 0.2) is 48.7 Å². The van der Waals surface area contributed by atoms with E-state index in [2.05, 4.69) is 4.98 Å². The van der Waals surface area contributed by atoms with Crippen LogP contribution in [0.1, 0.15) is 21.5 Å². The van der Waals surface area contributed by atoms with Gasteiger partial charge in [0.15, 0.2) is 5.78 Å². The minimum absolute atomic E-state index is 0.0529. The predicted molar refractivity (Wildman–Crippen MR) is 77.4 cm³/mol. The lowest BCUT2D eigenvalue weighted by atomic mass is 10.00. The van der Waals surface area contributed by atoms with Gasteiger partial charge in [0.1, 0.15) is 5.75 Å². The fraction of sp³-hybridized carbons (Fsp3) is 0.118. The number of carbonyl (C=O) groups excluding carboxylic acids is 1. The Labute approximate surface area is 116 Å². The Kier molecular flexibility index (Phi) is 2.39. The van der Waals surface area contributed by atoms with Crippen LogP contribution in [0, 0.1) is 0 Å². The molecule has 4 rings (SSSR count). The van der Waals surface area contributed by atoms with Crippen LogP contribution >= 0.6 is 0 Å². The summed E-state index contributed by atoms with van der Waals surface area (Å²) in [6.45, 7) is 0.708. The van der Waals surface area contributed by atoms with Crippen molar-refractivity contribution in [3.8, 4) is 5.75 Å². The highest BCUT2D eigenvalue weighted by atomic mass is 16.5. The molecule has 0 amide bonds. The second kappa shape index (κ2) is 4.23. The minimum Gasteiger partial charge on any atom is -0.493 e. The normalized spacial score (nSPS) is 13.2. The second-order valence-corrected chi connectivity index (χ2v) is 5.00. The van der Waals surface area contributed by atoms with E-state index in [1.165, 1.54) is 0 Å². The summed E-state index contributed by atoms with van der Waals surface area (Å²) in [6, 6.07) is 13.5. The number of hydrogen-bond donors (Lipinski definition) is 1. The van der Waals surface area contributed by atoms with E-state index in [0.29, 0.717) is 6.61 Å². The van der Waals surface area contributed by atoms with Crippen LogP contribution in [-0.4, -0.2) is 17.4 Å². The summed E-state index contributed by atoms with van der Waals surface area (Å²) in [5.41, 5.74) is 3.55. The molecule has 1 aromatic heterocycles. The minimum atomic E-state index is 0.0529. The number of aromatic amines is 1. The molecule has 0 unspecified atom stereocenters. The van der Waals surface area contributed by atoms with Crippen LogP contribution in [-0.2, 0) is 6.42 Å². The summed E-state index contributed by atoms with van der Waals surface area (Å²) in [5.74, 6) is 0.956. The summed E-state index contributed by atoms with van der Waals surface area (Å²) < 4.78 is 5.48. The molecule has 3 heteroatoms. The molecule has 1 N–H and O–H groups in total. The zero-order valence-electron chi connectivity index (χ0n) is 10.8. The van der Waals surface area contributed by atoms with Gasteiger partial charge in [0.2, 0.25) is 0 Å². The van der Waals surface area contributed by atoms with Crippen molar-refractivity contribution in [2.75, 3.05) is 6.61 Å². The summed E-state index contributed by atoms with van der Waals surface area (Å²) in [5, 5.41) is 0.967. The number of ketones is 1.